The molecule has 0 spiro atoms. The minimum atomic E-state index is -0.340. The molecule has 4 aliphatic carbocycles. The third-order valence-corrected chi connectivity index (χ3v) is 10.8. The summed E-state index contributed by atoms with van der Waals surface area (Å²) in [5, 5.41) is 1.23. The average Bonchev–Trinajstić information content (AvgIpc) is 3.47. The average molecular weight is 601 g/mol. The first-order chi connectivity index (χ1) is 22.7. The van der Waals surface area contributed by atoms with Gasteiger partial charge in [0, 0.05) is 64.5 Å². The van der Waals surface area contributed by atoms with Crippen LogP contribution in [0, 0.1) is 11.8 Å². The lowest BCUT2D eigenvalue weighted by Gasteiger charge is -2.51. The summed E-state index contributed by atoms with van der Waals surface area (Å²) < 4.78 is 6.90. The Morgan fingerprint density at radius 3 is 2.52 bits per heavy atom. The fourth-order valence-electron chi connectivity index (χ4n) is 9.02. The lowest BCUT2D eigenvalue weighted by Crippen LogP contribution is -2.47. The normalized spacial score (nSPS) is 28.5. The van der Waals surface area contributed by atoms with E-state index in [-0.39, 0.29) is 29.1 Å². The standard InChI is InChI=1S/C43H40N2O/c1-2-12-31(27-44)29-13-9-16-33(25-29)43(34-17-10-14-30(26-34)32-15-11-24-45-28-32)38-21-6-3-18-35(38)41-37-20-5-8-23-40(37)46-42(41)36-19-4-7-22-39(36)43/h2-9,11-13,15-16,18-28,30,35-36,38-39H,10,14,17,44H2,1H3/b12-2-,31-27+. The summed E-state index contributed by atoms with van der Waals surface area (Å²) in [5.41, 5.74) is 14.5. The first-order valence-corrected chi connectivity index (χ1v) is 16.7. The second kappa shape index (κ2) is 11.8. The number of benzene rings is 2. The number of pyridine rings is 1. The van der Waals surface area contributed by atoms with E-state index in [1.165, 1.54) is 27.6 Å². The zero-order valence-corrected chi connectivity index (χ0v) is 26.3. The van der Waals surface area contributed by atoms with E-state index in [9.17, 15) is 0 Å². The number of rotatable bonds is 5. The number of fused-ring (bicyclic) bond motifs is 7. The number of nitrogens with two attached hydrogens (primary N) is 1. The molecule has 6 atom stereocenters. The summed E-state index contributed by atoms with van der Waals surface area (Å²) in [6, 6.07) is 22.1. The summed E-state index contributed by atoms with van der Waals surface area (Å²) in [7, 11) is 0. The van der Waals surface area contributed by atoms with Gasteiger partial charge in [-0.25, -0.2) is 0 Å². The van der Waals surface area contributed by atoms with Crippen LogP contribution in [0.15, 0.2) is 156 Å². The maximum atomic E-state index is 6.90. The molecule has 2 N–H and O–H groups in total. The molecule has 0 fully saturated rings. The van der Waals surface area contributed by atoms with Crippen LogP contribution >= 0.6 is 0 Å². The molecule has 0 bridgehead atoms. The number of aromatic nitrogens is 1. The SMILES string of the molecule is C/C=C\C(=C/N)c1cccc(C2(C3=CC(c4cccnc4)CCC3)C3C=CC=CC3c3oc4ccccc4c3C3C=CC=CC32)c1. The lowest BCUT2D eigenvalue weighted by molar-refractivity contribution is 0.243. The zero-order chi connectivity index (χ0) is 31.1. The predicted octanol–water partition coefficient (Wildman–Crippen LogP) is 10.2. The minimum absolute atomic E-state index is 0.0863. The Bertz CT molecular complexity index is 1980. The Labute approximate surface area is 271 Å². The summed E-state index contributed by atoms with van der Waals surface area (Å²) in [6.45, 7) is 2.05. The third kappa shape index (κ3) is 4.44. The molecular formula is C43H40N2O. The first-order valence-electron chi connectivity index (χ1n) is 16.7. The summed E-state index contributed by atoms with van der Waals surface area (Å²) in [4.78, 5) is 4.52. The molecule has 0 radical (unpaired) electrons. The Morgan fingerprint density at radius 1 is 0.913 bits per heavy atom. The lowest BCUT2D eigenvalue weighted by atomic mass is 9.51. The van der Waals surface area contributed by atoms with Crippen molar-refractivity contribution in [2.24, 2.45) is 17.6 Å². The van der Waals surface area contributed by atoms with Crippen LogP contribution in [0.1, 0.15) is 72.0 Å². The maximum Gasteiger partial charge on any atom is 0.134 e. The summed E-state index contributed by atoms with van der Waals surface area (Å²) in [6.07, 6.45) is 34.6. The van der Waals surface area contributed by atoms with E-state index in [0.29, 0.717) is 5.92 Å². The maximum absolute atomic E-state index is 6.90. The van der Waals surface area contributed by atoms with Crippen molar-refractivity contribution in [3.63, 3.8) is 0 Å². The molecule has 2 aromatic heterocycles. The van der Waals surface area contributed by atoms with Gasteiger partial charge in [0.1, 0.15) is 11.3 Å². The third-order valence-electron chi connectivity index (χ3n) is 10.8. The van der Waals surface area contributed by atoms with Crippen molar-refractivity contribution in [3.8, 4) is 0 Å². The van der Waals surface area contributed by atoms with E-state index in [4.69, 9.17) is 10.2 Å². The van der Waals surface area contributed by atoms with Gasteiger partial charge in [-0.3, -0.25) is 4.98 Å². The smallest absolute Gasteiger partial charge is 0.134 e. The Balaban J connectivity index is 1.45. The van der Waals surface area contributed by atoms with Crippen LogP contribution in [0.25, 0.3) is 16.5 Å². The van der Waals surface area contributed by atoms with Crippen molar-refractivity contribution in [3.05, 3.63) is 180 Å². The molecule has 46 heavy (non-hydrogen) atoms. The molecule has 3 heteroatoms. The van der Waals surface area contributed by atoms with Crippen LogP contribution in [0.5, 0.6) is 0 Å². The molecule has 228 valence electrons. The van der Waals surface area contributed by atoms with Crippen molar-refractivity contribution in [2.75, 3.05) is 0 Å². The zero-order valence-electron chi connectivity index (χ0n) is 26.3. The van der Waals surface area contributed by atoms with Gasteiger partial charge in [-0.2, -0.15) is 0 Å². The van der Waals surface area contributed by atoms with Gasteiger partial charge in [0.2, 0.25) is 0 Å². The first kappa shape index (κ1) is 28.6. The van der Waals surface area contributed by atoms with Crippen LogP contribution in [-0.4, -0.2) is 4.98 Å². The Hall–Kier alpha value is -4.89. The van der Waals surface area contributed by atoms with Gasteiger partial charge in [-0.1, -0.05) is 121 Å². The highest BCUT2D eigenvalue weighted by molar-refractivity contribution is 5.84. The van der Waals surface area contributed by atoms with Crippen LogP contribution in [0.2, 0.25) is 0 Å². The molecule has 3 nitrogen and oxygen atoms in total. The topological polar surface area (TPSA) is 52.0 Å². The van der Waals surface area contributed by atoms with Crippen LogP contribution in [-0.2, 0) is 5.41 Å². The van der Waals surface area contributed by atoms with Crippen molar-refractivity contribution in [2.45, 2.75) is 49.4 Å². The molecule has 4 aromatic rings. The van der Waals surface area contributed by atoms with Gasteiger partial charge >= 0.3 is 0 Å². The van der Waals surface area contributed by atoms with Crippen LogP contribution in [0.3, 0.4) is 0 Å². The van der Waals surface area contributed by atoms with Crippen molar-refractivity contribution < 1.29 is 4.42 Å². The molecule has 6 unspecified atom stereocenters. The van der Waals surface area contributed by atoms with Gasteiger partial charge in [-0.15, -0.1) is 0 Å². The van der Waals surface area contributed by atoms with Crippen molar-refractivity contribution >= 4 is 16.5 Å². The molecule has 4 aliphatic rings. The van der Waals surface area contributed by atoms with E-state index < -0.39 is 0 Å². The number of allylic oxidation sites excluding steroid dienone is 13. The predicted molar refractivity (Wildman–Crippen MR) is 189 cm³/mol. The van der Waals surface area contributed by atoms with Gasteiger partial charge < -0.3 is 10.2 Å². The van der Waals surface area contributed by atoms with E-state index in [1.807, 2.05) is 13.1 Å². The van der Waals surface area contributed by atoms with Gasteiger partial charge in [0.25, 0.3) is 0 Å². The highest BCUT2D eigenvalue weighted by atomic mass is 16.3. The minimum Gasteiger partial charge on any atom is -0.460 e. The van der Waals surface area contributed by atoms with E-state index in [0.717, 1.165) is 41.7 Å². The number of hydrogen-bond acceptors (Lipinski definition) is 3. The van der Waals surface area contributed by atoms with E-state index in [1.54, 1.807) is 6.20 Å². The molecule has 0 aliphatic heterocycles. The van der Waals surface area contributed by atoms with Crippen LogP contribution in [0.4, 0.5) is 0 Å². The summed E-state index contributed by atoms with van der Waals surface area (Å²) >= 11 is 0. The van der Waals surface area contributed by atoms with Gasteiger partial charge in [0.05, 0.1) is 0 Å². The second-order valence-corrected chi connectivity index (χ2v) is 13.1. The fourth-order valence-corrected chi connectivity index (χ4v) is 9.02. The number of para-hydroxylation sites is 1. The van der Waals surface area contributed by atoms with Gasteiger partial charge in [0.15, 0.2) is 0 Å². The molecule has 0 saturated carbocycles. The monoisotopic (exact) mass is 600 g/mol. The molecule has 0 saturated heterocycles. The fraction of sp³-hybridized carbons (Fsp3) is 0.233. The van der Waals surface area contributed by atoms with E-state index >= 15 is 0 Å². The molecular weight excluding hydrogens is 560 g/mol. The van der Waals surface area contributed by atoms with Crippen molar-refractivity contribution in [1.82, 2.24) is 4.98 Å². The largest absolute Gasteiger partial charge is 0.460 e. The highest BCUT2D eigenvalue weighted by Crippen LogP contribution is 2.63. The molecule has 8 rings (SSSR count). The number of nitrogens with zero attached hydrogens (tertiary/aromatic N) is 1. The Morgan fingerprint density at radius 2 is 1.72 bits per heavy atom. The number of hydrogen-bond donors (Lipinski definition) is 1. The highest BCUT2D eigenvalue weighted by Gasteiger charge is 2.56. The molecule has 0 amide bonds. The van der Waals surface area contributed by atoms with E-state index in [2.05, 4.69) is 139 Å². The number of furan rings is 1. The summed E-state index contributed by atoms with van der Waals surface area (Å²) in [5.74, 6) is 1.98. The quantitative estimate of drug-likeness (QED) is 0.183. The second-order valence-electron chi connectivity index (χ2n) is 13.1. The van der Waals surface area contributed by atoms with Gasteiger partial charge in [-0.05, 0) is 60.6 Å². The Kier molecular flexibility index (Phi) is 7.33. The van der Waals surface area contributed by atoms with Crippen molar-refractivity contribution in [1.29, 1.82) is 0 Å². The molecule has 2 aromatic carbocycles. The van der Waals surface area contributed by atoms with Crippen LogP contribution < -0.4 is 5.73 Å². The molecule has 2 heterocycles.